The van der Waals surface area contributed by atoms with E-state index in [0.29, 0.717) is 0 Å². The van der Waals surface area contributed by atoms with Gasteiger partial charge in [0, 0.05) is 17.1 Å². The molecule has 0 rings (SSSR count). The molecule has 0 aromatic rings. The summed E-state index contributed by atoms with van der Waals surface area (Å²) in [7, 11) is 0. The molecule has 0 fully saturated rings. The fourth-order valence-electron chi connectivity index (χ4n) is 1.60. The standard InChI is InChI=1S/C12H26S.Fe/c1-2-3-4-5-6-7-8-9-10-11-12-13;/h13H,2-12H2,1H3;. The molecular formula is C12H26FeS. The fourth-order valence-corrected chi connectivity index (χ4v) is 1.82. The first-order valence-electron chi connectivity index (χ1n) is 6.02. The van der Waals surface area contributed by atoms with Crippen LogP contribution in [0.1, 0.15) is 71.1 Å². The van der Waals surface area contributed by atoms with Gasteiger partial charge in [0.2, 0.25) is 0 Å². The van der Waals surface area contributed by atoms with Crippen molar-refractivity contribution in [2.45, 2.75) is 71.1 Å². The summed E-state index contributed by atoms with van der Waals surface area (Å²) >= 11 is 4.20. The summed E-state index contributed by atoms with van der Waals surface area (Å²) in [5.41, 5.74) is 0. The third-order valence-electron chi connectivity index (χ3n) is 2.51. The average Bonchev–Trinajstić information content (AvgIpc) is 2.16. The van der Waals surface area contributed by atoms with Crippen LogP contribution in [0.4, 0.5) is 0 Å². The maximum Gasteiger partial charge on any atom is 0 e. The zero-order valence-electron chi connectivity index (χ0n) is 9.58. The molecule has 0 aliphatic heterocycles. The minimum atomic E-state index is 0. The van der Waals surface area contributed by atoms with Gasteiger partial charge in [0.1, 0.15) is 0 Å². The Kier molecular flexibility index (Phi) is 20.1. The Morgan fingerprint density at radius 3 is 1.36 bits per heavy atom. The van der Waals surface area contributed by atoms with Crippen molar-refractivity contribution in [2.75, 3.05) is 5.75 Å². The first-order chi connectivity index (χ1) is 6.41. The van der Waals surface area contributed by atoms with E-state index in [2.05, 4.69) is 19.6 Å². The van der Waals surface area contributed by atoms with Gasteiger partial charge < -0.3 is 0 Å². The van der Waals surface area contributed by atoms with Crippen LogP contribution in [0.5, 0.6) is 0 Å². The van der Waals surface area contributed by atoms with Gasteiger partial charge in [-0.05, 0) is 12.2 Å². The summed E-state index contributed by atoms with van der Waals surface area (Å²) in [6.07, 6.45) is 14.2. The zero-order chi connectivity index (χ0) is 9.78. The van der Waals surface area contributed by atoms with Crippen molar-refractivity contribution in [1.82, 2.24) is 0 Å². The van der Waals surface area contributed by atoms with Gasteiger partial charge in [-0.3, -0.25) is 0 Å². The summed E-state index contributed by atoms with van der Waals surface area (Å²) < 4.78 is 0. The molecule has 88 valence electrons. The molecule has 0 aliphatic carbocycles. The van der Waals surface area contributed by atoms with Crippen molar-refractivity contribution in [3.05, 3.63) is 0 Å². The van der Waals surface area contributed by atoms with Crippen LogP contribution in [0.15, 0.2) is 0 Å². The summed E-state index contributed by atoms with van der Waals surface area (Å²) in [4.78, 5) is 0. The van der Waals surface area contributed by atoms with Gasteiger partial charge in [-0.1, -0.05) is 64.7 Å². The summed E-state index contributed by atoms with van der Waals surface area (Å²) in [6, 6.07) is 0. The predicted octanol–water partition coefficient (Wildman–Crippen LogP) is 4.83. The van der Waals surface area contributed by atoms with Gasteiger partial charge in [-0.15, -0.1) is 0 Å². The quantitative estimate of drug-likeness (QED) is 0.324. The molecule has 0 aromatic carbocycles. The summed E-state index contributed by atoms with van der Waals surface area (Å²) in [5, 5.41) is 0. The van der Waals surface area contributed by atoms with Gasteiger partial charge in [-0.25, -0.2) is 0 Å². The van der Waals surface area contributed by atoms with E-state index >= 15 is 0 Å². The van der Waals surface area contributed by atoms with Crippen molar-refractivity contribution in [3.63, 3.8) is 0 Å². The van der Waals surface area contributed by atoms with Crippen molar-refractivity contribution in [3.8, 4) is 0 Å². The molecule has 2 heteroatoms. The van der Waals surface area contributed by atoms with Crippen LogP contribution in [-0.2, 0) is 17.1 Å². The monoisotopic (exact) mass is 258 g/mol. The third-order valence-corrected chi connectivity index (χ3v) is 2.83. The van der Waals surface area contributed by atoms with Gasteiger partial charge in [0.25, 0.3) is 0 Å². The number of rotatable bonds is 10. The molecule has 0 aliphatic rings. The van der Waals surface area contributed by atoms with E-state index in [0.717, 1.165) is 5.75 Å². The van der Waals surface area contributed by atoms with Crippen molar-refractivity contribution in [1.29, 1.82) is 0 Å². The Balaban J connectivity index is 0. The molecular weight excluding hydrogens is 232 g/mol. The molecule has 0 atom stereocenters. The zero-order valence-corrected chi connectivity index (χ0v) is 11.6. The normalized spacial score (nSPS) is 9.86. The van der Waals surface area contributed by atoms with Crippen LogP contribution in [0, 0.1) is 0 Å². The number of unbranched alkanes of at least 4 members (excludes halogenated alkanes) is 9. The number of hydrogen-bond acceptors (Lipinski definition) is 1. The van der Waals surface area contributed by atoms with E-state index in [1.165, 1.54) is 64.2 Å². The van der Waals surface area contributed by atoms with Crippen LogP contribution in [0.2, 0.25) is 0 Å². The van der Waals surface area contributed by atoms with Gasteiger partial charge in [0.05, 0.1) is 0 Å². The van der Waals surface area contributed by atoms with Gasteiger partial charge in [0.15, 0.2) is 0 Å². The fraction of sp³-hybridized carbons (Fsp3) is 1.00. The van der Waals surface area contributed by atoms with E-state index in [1.54, 1.807) is 0 Å². The Labute approximate surface area is 107 Å². The minimum absolute atomic E-state index is 0. The first kappa shape index (κ1) is 17.3. The second-order valence-corrected chi connectivity index (χ2v) is 4.35. The minimum Gasteiger partial charge on any atom is -0.179 e. The molecule has 0 bridgehead atoms. The molecule has 14 heavy (non-hydrogen) atoms. The third kappa shape index (κ3) is 15.3. The predicted molar refractivity (Wildman–Crippen MR) is 65.7 cm³/mol. The maximum atomic E-state index is 4.20. The first-order valence-corrected chi connectivity index (χ1v) is 6.66. The van der Waals surface area contributed by atoms with Crippen LogP contribution < -0.4 is 0 Å². The number of thiol groups is 1. The molecule has 0 saturated heterocycles. The van der Waals surface area contributed by atoms with Gasteiger partial charge in [-0.2, -0.15) is 12.6 Å². The van der Waals surface area contributed by atoms with E-state index in [9.17, 15) is 0 Å². The van der Waals surface area contributed by atoms with E-state index < -0.39 is 0 Å². The molecule has 0 heterocycles. The Morgan fingerprint density at radius 2 is 1.00 bits per heavy atom. The van der Waals surface area contributed by atoms with Crippen molar-refractivity contribution in [2.24, 2.45) is 0 Å². The molecule has 0 unspecified atom stereocenters. The smallest absolute Gasteiger partial charge is 0 e. The largest absolute Gasteiger partial charge is 0.179 e. The van der Waals surface area contributed by atoms with E-state index in [-0.39, 0.29) is 17.1 Å². The molecule has 0 amide bonds. The molecule has 0 radical (unpaired) electrons. The van der Waals surface area contributed by atoms with Crippen LogP contribution in [0.25, 0.3) is 0 Å². The second kappa shape index (κ2) is 16.3. The molecule has 0 nitrogen and oxygen atoms in total. The van der Waals surface area contributed by atoms with E-state index in [4.69, 9.17) is 0 Å². The van der Waals surface area contributed by atoms with E-state index in [1.807, 2.05) is 0 Å². The molecule has 0 saturated carbocycles. The van der Waals surface area contributed by atoms with Gasteiger partial charge >= 0.3 is 0 Å². The molecule has 0 N–H and O–H groups in total. The summed E-state index contributed by atoms with van der Waals surface area (Å²) in [6.45, 7) is 2.28. The number of hydrogen-bond donors (Lipinski definition) is 1. The Bertz CT molecular complexity index is 76.4. The Hall–Kier alpha value is 0.869. The Morgan fingerprint density at radius 1 is 0.643 bits per heavy atom. The van der Waals surface area contributed by atoms with Crippen molar-refractivity contribution >= 4 is 12.6 Å². The molecule has 0 aromatic heterocycles. The molecule has 0 spiro atoms. The van der Waals surface area contributed by atoms with Crippen LogP contribution in [0.3, 0.4) is 0 Å². The second-order valence-electron chi connectivity index (χ2n) is 3.91. The van der Waals surface area contributed by atoms with Crippen LogP contribution >= 0.6 is 12.6 Å². The van der Waals surface area contributed by atoms with Crippen LogP contribution in [-0.4, -0.2) is 5.75 Å². The summed E-state index contributed by atoms with van der Waals surface area (Å²) in [5.74, 6) is 1.07. The van der Waals surface area contributed by atoms with Crippen molar-refractivity contribution < 1.29 is 17.1 Å². The maximum absolute atomic E-state index is 4.20. The average molecular weight is 258 g/mol. The topological polar surface area (TPSA) is 0 Å². The SMILES string of the molecule is CCCCCCCCCCCCS.[Fe].